The molecule has 0 aliphatic heterocycles. The lowest BCUT2D eigenvalue weighted by molar-refractivity contribution is -0.116. The summed E-state index contributed by atoms with van der Waals surface area (Å²) in [5, 5.41) is 6.87. The highest BCUT2D eigenvalue weighted by Gasteiger charge is 2.04. The van der Waals surface area contributed by atoms with Gasteiger partial charge in [0.05, 0.1) is 0 Å². The number of rotatable bonds is 7. The fraction of sp³-hybridized carbons (Fsp3) is 0.471. The Balaban J connectivity index is 1.56. The minimum absolute atomic E-state index is 0.0294. The predicted molar refractivity (Wildman–Crippen MR) is 88.7 cm³/mol. The fourth-order valence-corrected chi connectivity index (χ4v) is 2.59. The SMILES string of the molecule is O=C(CCNCCC1=CCCCC1)Nc1ccc(Cl)cc1. The Hall–Kier alpha value is -1.32. The van der Waals surface area contributed by atoms with Crippen LogP contribution in [0.5, 0.6) is 0 Å². The lowest BCUT2D eigenvalue weighted by Gasteiger charge is -2.12. The van der Waals surface area contributed by atoms with Gasteiger partial charge in [0.2, 0.25) is 5.91 Å². The Morgan fingerprint density at radius 3 is 2.67 bits per heavy atom. The summed E-state index contributed by atoms with van der Waals surface area (Å²) in [5.41, 5.74) is 2.36. The van der Waals surface area contributed by atoms with Crippen molar-refractivity contribution in [2.45, 2.75) is 38.5 Å². The highest BCUT2D eigenvalue weighted by molar-refractivity contribution is 6.30. The van der Waals surface area contributed by atoms with Crippen molar-refractivity contribution in [2.75, 3.05) is 18.4 Å². The second kappa shape index (κ2) is 8.85. The summed E-state index contributed by atoms with van der Waals surface area (Å²) in [5.74, 6) is 0.0294. The Morgan fingerprint density at radius 1 is 1.14 bits per heavy atom. The van der Waals surface area contributed by atoms with Gasteiger partial charge in [-0.2, -0.15) is 0 Å². The molecule has 0 atom stereocenters. The number of nitrogens with one attached hydrogen (secondary N) is 2. The number of allylic oxidation sites excluding steroid dienone is 1. The number of carbonyl (C=O) groups excluding carboxylic acids is 1. The molecule has 0 aromatic heterocycles. The van der Waals surface area contributed by atoms with Crippen LogP contribution in [-0.4, -0.2) is 19.0 Å². The Kier molecular flexibility index (Phi) is 6.77. The van der Waals surface area contributed by atoms with Gasteiger partial charge in [-0.1, -0.05) is 23.3 Å². The molecule has 0 saturated heterocycles. The van der Waals surface area contributed by atoms with E-state index < -0.39 is 0 Å². The molecule has 0 heterocycles. The van der Waals surface area contributed by atoms with Crippen LogP contribution in [0.25, 0.3) is 0 Å². The van der Waals surface area contributed by atoms with E-state index >= 15 is 0 Å². The number of carbonyl (C=O) groups is 1. The van der Waals surface area contributed by atoms with Crippen molar-refractivity contribution in [3.05, 3.63) is 40.9 Å². The van der Waals surface area contributed by atoms with E-state index in [1.54, 1.807) is 17.7 Å². The maximum Gasteiger partial charge on any atom is 0.225 e. The lowest BCUT2D eigenvalue weighted by Crippen LogP contribution is -2.23. The third-order valence-electron chi connectivity index (χ3n) is 3.66. The summed E-state index contributed by atoms with van der Waals surface area (Å²) in [7, 11) is 0. The molecule has 2 N–H and O–H groups in total. The number of hydrogen-bond acceptors (Lipinski definition) is 2. The van der Waals surface area contributed by atoms with Gasteiger partial charge in [-0.3, -0.25) is 4.79 Å². The van der Waals surface area contributed by atoms with Crippen molar-refractivity contribution in [1.29, 1.82) is 0 Å². The molecular weight excluding hydrogens is 284 g/mol. The predicted octanol–water partition coefficient (Wildman–Crippen LogP) is 4.15. The first kappa shape index (κ1) is 16.1. The third-order valence-corrected chi connectivity index (χ3v) is 3.92. The molecule has 0 fully saturated rings. The van der Waals surface area contributed by atoms with E-state index in [9.17, 15) is 4.79 Å². The summed E-state index contributed by atoms with van der Waals surface area (Å²) in [6.45, 7) is 1.67. The van der Waals surface area contributed by atoms with Gasteiger partial charge in [0.15, 0.2) is 0 Å². The molecule has 1 aromatic rings. The van der Waals surface area contributed by atoms with E-state index in [-0.39, 0.29) is 5.91 Å². The number of amides is 1. The minimum Gasteiger partial charge on any atom is -0.326 e. The van der Waals surface area contributed by atoms with Gasteiger partial charge >= 0.3 is 0 Å². The van der Waals surface area contributed by atoms with Gasteiger partial charge < -0.3 is 10.6 Å². The van der Waals surface area contributed by atoms with Crippen LogP contribution in [0.15, 0.2) is 35.9 Å². The quantitative estimate of drug-likeness (QED) is 0.587. The van der Waals surface area contributed by atoms with Crippen molar-refractivity contribution in [1.82, 2.24) is 5.32 Å². The van der Waals surface area contributed by atoms with E-state index in [4.69, 9.17) is 11.6 Å². The molecular formula is C17H23ClN2O. The zero-order chi connectivity index (χ0) is 14.9. The molecule has 0 saturated carbocycles. The first-order valence-corrected chi connectivity index (χ1v) is 8.06. The van der Waals surface area contributed by atoms with Crippen LogP contribution in [0.3, 0.4) is 0 Å². The zero-order valence-corrected chi connectivity index (χ0v) is 13.1. The summed E-state index contributed by atoms with van der Waals surface area (Å²) < 4.78 is 0. The molecule has 0 radical (unpaired) electrons. The number of halogens is 1. The van der Waals surface area contributed by atoms with Gasteiger partial charge in [0, 0.05) is 23.7 Å². The van der Waals surface area contributed by atoms with Gasteiger partial charge in [0.25, 0.3) is 0 Å². The van der Waals surface area contributed by atoms with E-state index in [1.807, 2.05) is 12.1 Å². The van der Waals surface area contributed by atoms with Gasteiger partial charge in [0.1, 0.15) is 0 Å². The summed E-state index contributed by atoms with van der Waals surface area (Å²) >= 11 is 5.80. The highest BCUT2D eigenvalue weighted by atomic mass is 35.5. The average molecular weight is 307 g/mol. The van der Waals surface area contributed by atoms with Crippen molar-refractivity contribution >= 4 is 23.2 Å². The van der Waals surface area contributed by atoms with Crippen LogP contribution >= 0.6 is 11.6 Å². The zero-order valence-electron chi connectivity index (χ0n) is 12.3. The molecule has 3 nitrogen and oxygen atoms in total. The summed E-state index contributed by atoms with van der Waals surface area (Å²) in [4.78, 5) is 11.8. The van der Waals surface area contributed by atoms with E-state index in [0.717, 1.165) is 18.7 Å². The van der Waals surface area contributed by atoms with Crippen LogP contribution in [0.4, 0.5) is 5.69 Å². The van der Waals surface area contributed by atoms with Gasteiger partial charge in [-0.05, 0) is 62.9 Å². The van der Waals surface area contributed by atoms with Crippen molar-refractivity contribution in [2.24, 2.45) is 0 Å². The standard InChI is InChI=1S/C17H23ClN2O/c18-15-6-8-16(9-7-15)20-17(21)11-13-19-12-10-14-4-2-1-3-5-14/h4,6-9,19H,1-3,5,10-13H2,(H,20,21). The van der Waals surface area contributed by atoms with Gasteiger partial charge in [-0.25, -0.2) is 0 Å². The van der Waals surface area contributed by atoms with Crippen molar-refractivity contribution in [3.8, 4) is 0 Å². The minimum atomic E-state index is 0.0294. The molecule has 0 unspecified atom stereocenters. The monoisotopic (exact) mass is 306 g/mol. The van der Waals surface area contributed by atoms with Crippen LogP contribution in [-0.2, 0) is 4.79 Å². The average Bonchev–Trinajstić information content (AvgIpc) is 2.50. The van der Waals surface area contributed by atoms with Crippen molar-refractivity contribution in [3.63, 3.8) is 0 Å². The largest absolute Gasteiger partial charge is 0.326 e. The summed E-state index contributed by atoms with van der Waals surface area (Å²) in [6, 6.07) is 7.16. The van der Waals surface area contributed by atoms with E-state index in [2.05, 4.69) is 16.7 Å². The number of anilines is 1. The summed E-state index contributed by atoms with van der Waals surface area (Å²) in [6.07, 6.45) is 9.12. The fourth-order valence-electron chi connectivity index (χ4n) is 2.46. The highest BCUT2D eigenvalue weighted by Crippen LogP contribution is 2.19. The molecule has 2 rings (SSSR count). The topological polar surface area (TPSA) is 41.1 Å². The molecule has 1 aliphatic rings. The molecule has 114 valence electrons. The third kappa shape index (κ3) is 6.32. The van der Waals surface area contributed by atoms with Crippen LogP contribution < -0.4 is 10.6 Å². The maximum absolute atomic E-state index is 11.8. The number of benzene rings is 1. The lowest BCUT2D eigenvalue weighted by atomic mass is 9.97. The Morgan fingerprint density at radius 2 is 1.95 bits per heavy atom. The second-order valence-electron chi connectivity index (χ2n) is 5.41. The normalized spacial score (nSPS) is 14.6. The van der Waals surface area contributed by atoms with Crippen LogP contribution in [0.1, 0.15) is 38.5 Å². The molecule has 1 aliphatic carbocycles. The molecule has 1 aromatic carbocycles. The first-order chi connectivity index (χ1) is 10.2. The molecule has 1 amide bonds. The van der Waals surface area contributed by atoms with Crippen molar-refractivity contribution < 1.29 is 4.79 Å². The Bertz CT molecular complexity index is 482. The van der Waals surface area contributed by atoms with Gasteiger partial charge in [-0.15, -0.1) is 0 Å². The van der Waals surface area contributed by atoms with E-state index in [1.165, 1.54) is 25.7 Å². The molecule has 0 spiro atoms. The molecule has 4 heteroatoms. The Labute approximate surface area is 131 Å². The van der Waals surface area contributed by atoms with Crippen LogP contribution in [0.2, 0.25) is 5.02 Å². The maximum atomic E-state index is 11.8. The first-order valence-electron chi connectivity index (χ1n) is 7.68. The second-order valence-corrected chi connectivity index (χ2v) is 5.85. The molecule has 21 heavy (non-hydrogen) atoms. The molecule has 0 bridgehead atoms. The van der Waals surface area contributed by atoms with Crippen LogP contribution in [0, 0.1) is 0 Å². The van der Waals surface area contributed by atoms with E-state index in [0.29, 0.717) is 18.0 Å². The smallest absolute Gasteiger partial charge is 0.225 e. The number of hydrogen-bond donors (Lipinski definition) is 2.